The van der Waals surface area contributed by atoms with E-state index in [4.69, 9.17) is 11.6 Å². The molecular formula is C18H16ClN3OS. The number of aromatic nitrogens is 2. The van der Waals surface area contributed by atoms with Crippen molar-refractivity contribution >= 4 is 29.3 Å². The van der Waals surface area contributed by atoms with Gasteiger partial charge in [-0.05, 0) is 48.2 Å². The molecule has 0 fully saturated rings. The van der Waals surface area contributed by atoms with Crippen LogP contribution >= 0.6 is 23.4 Å². The number of benzene rings is 2. The zero-order valence-corrected chi connectivity index (χ0v) is 14.6. The summed E-state index contributed by atoms with van der Waals surface area (Å²) in [5.74, 6) is -0.149. The van der Waals surface area contributed by atoms with Crippen molar-refractivity contribution in [2.45, 2.75) is 11.4 Å². The summed E-state index contributed by atoms with van der Waals surface area (Å²) in [6, 6.07) is 15.4. The van der Waals surface area contributed by atoms with E-state index in [1.54, 1.807) is 41.0 Å². The lowest BCUT2D eigenvalue weighted by molar-refractivity contribution is 0.0951. The first-order chi connectivity index (χ1) is 11.7. The van der Waals surface area contributed by atoms with Crippen LogP contribution in [0.15, 0.2) is 65.8 Å². The molecule has 0 radical (unpaired) electrons. The van der Waals surface area contributed by atoms with E-state index < -0.39 is 0 Å². The average Bonchev–Trinajstić information content (AvgIpc) is 3.11. The maximum atomic E-state index is 12.3. The van der Waals surface area contributed by atoms with Gasteiger partial charge < -0.3 is 5.32 Å². The number of hydrogen-bond donors (Lipinski definition) is 1. The Bertz CT molecular complexity index is 828. The molecule has 6 heteroatoms. The van der Waals surface area contributed by atoms with E-state index in [0.717, 1.165) is 11.3 Å². The second kappa shape index (κ2) is 7.55. The van der Waals surface area contributed by atoms with Gasteiger partial charge in [-0.1, -0.05) is 23.7 Å². The van der Waals surface area contributed by atoms with Crippen molar-refractivity contribution in [2.24, 2.45) is 0 Å². The Morgan fingerprint density at radius 1 is 1.17 bits per heavy atom. The first-order valence-corrected chi connectivity index (χ1v) is 8.98. The minimum atomic E-state index is -0.149. The van der Waals surface area contributed by atoms with Crippen LogP contribution in [0.3, 0.4) is 0 Å². The molecule has 0 unspecified atom stereocenters. The molecule has 4 nitrogen and oxygen atoms in total. The summed E-state index contributed by atoms with van der Waals surface area (Å²) in [5.41, 5.74) is 2.43. The summed E-state index contributed by atoms with van der Waals surface area (Å²) in [6.45, 7) is 0.486. The fourth-order valence-electron chi connectivity index (χ4n) is 2.20. The highest BCUT2D eigenvalue weighted by molar-refractivity contribution is 7.98. The number of halogens is 1. The topological polar surface area (TPSA) is 46.9 Å². The van der Waals surface area contributed by atoms with Gasteiger partial charge in [-0.2, -0.15) is 5.10 Å². The summed E-state index contributed by atoms with van der Waals surface area (Å²) >= 11 is 7.57. The maximum Gasteiger partial charge on any atom is 0.254 e. The van der Waals surface area contributed by atoms with Crippen LogP contribution in [0.4, 0.5) is 0 Å². The molecule has 3 aromatic rings. The van der Waals surface area contributed by atoms with Crippen molar-refractivity contribution in [3.63, 3.8) is 0 Å². The first kappa shape index (κ1) is 16.6. The molecule has 1 N–H and O–H groups in total. The highest BCUT2D eigenvalue weighted by atomic mass is 35.5. The Kier molecular flexibility index (Phi) is 5.23. The van der Waals surface area contributed by atoms with Gasteiger partial charge in [0.25, 0.3) is 5.91 Å². The molecule has 1 aromatic heterocycles. The molecule has 0 aliphatic rings. The lowest BCUT2D eigenvalue weighted by Gasteiger charge is -2.05. The summed E-state index contributed by atoms with van der Waals surface area (Å²) in [5, 5.41) is 7.79. The Hall–Kier alpha value is -2.24. The fraction of sp³-hybridized carbons (Fsp3) is 0.111. The molecule has 24 heavy (non-hydrogen) atoms. The Balaban J connectivity index is 1.64. The average molecular weight is 358 g/mol. The smallest absolute Gasteiger partial charge is 0.254 e. The van der Waals surface area contributed by atoms with Gasteiger partial charge in [0, 0.05) is 22.7 Å². The van der Waals surface area contributed by atoms with Crippen LogP contribution in [0.5, 0.6) is 0 Å². The number of nitrogens with zero attached hydrogens (tertiary/aromatic N) is 2. The molecule has 3 rings (SSSR count). The third-order valence-corrected chi connectivity index (χ3v) is 4.54. The molecule has 0 saturated carbocycles. The fourth-order valence-corrected chi connectivity index (χ4v) is 2.74. The molecule has 122 valence electrons. The van der Waals surface area contributed by atoms with Gasteiger partial charge in [-0.25, -0.2) is 4.68 Å². The quantitative estimate of drug-likeness (QED) is 0.697. The lowest BCUT2D eigenvalue weighted by atomic mass is 10.2. The first-order valence-electron chi connectivity index (χ1n) is 7.37. The van der Waals surface area contributed by atoms with Crippen LogP contribution in [0.25, 0.3) is 5.69 Å². The van der Waals surface area contributed by atoms with Gasteiger partial charge in [0.1, 0.15) is 0 Å². The molecule has 0 aliphatic carbocycles. The molecule has 0 bridgehead atoms. The van der Waals surface area contributed by atoms with Gasteiger partial charge in [0.15, 0.2) is 0 Å². The molecular weight excluding hydrogens is 342 g/mol. The van der Waals surface area contributed by atoms with Crippen molar-refractivity contribution in [3.8, 4) is 5.69 Å². The summed E-state index contributed by atoms with van der Waals surface area (Å²) in [4.78, 5) is 13.5. The number of carbonyl (C=O) groups excluding carboxylic acids is 1. The van der Waals surface area contributed by atoms with Crippen molar-refractivity contribution in [1.82, 2.24) is 15.1 Å². The standard InChI is InChI=1S/C18H16ClN3OS/c1-24-17-8-2-13(3-9-17)10-20-18(23)14-11-21-22(12-14)16-6-4-15(19)5-7-16/h2-9,11-12H,10H2,1H3,(H,20,23). The SMILES string of the molecule is CSc1ccc(CNC(=O)c2cnn(-c3ccc(Cl)cc3)c2)cc1. The van der Waals surface area contributed by atoms with E-state index in [9.17, 15) is 4.79 Å². The molecule has 1 heterocycles. The largest absolute Gasteiger partial charge is 0.348 e. The van der Waals surface area contributed by atoms with Gasteiger partial charge >= 0.3 is 0 Å². The monoisotopic (exact) mass is 357 g/mol. The molecule has 1 amide bonds. The summed E-state index contributed by atoms with van der Waals surface area (Å²) in [6.07, 6.45) is 5.30. The third-order valence-electron chi connectivity index (χ3n) is 3.55. The van der Waals surface area contributed by atoms with Gasteiger partial charge in [-0.3, -0.25) is 4.79 Å². The van der Waals surface area contributed by atoms with E-state index >= 15 is 0 Å². The van der Waals surface area contributed by atoms with E-state index in [0.29, 0.717) is 17.1 Å². The molecule has 2 aromatic carbocycles. The third kappa shape index (κ3) is 3.99. The normalized spacial score (nSPS) is 10.6. The van der Waals surface area contributed by atoms with Crippen molar-refractivity contribution in [1.29, 1.82) is 0 Å². The van der Waals surface area contributed by atoms with Crippen LogP contribution in [0.2, 0.25) is 5.02 Å². The van der Waals surface area contributed by atoms with Gasteiger partial charge in [0.2, 0.25) is 0 Å². The number of thioether (sulfide) groups is 1. The minimum Gasteiger partial charge on any atom is -0.348 e. The van der Waals surface area contributed by atoms with Crippen LogP contribution in [0.1, 0.15) is 15.9 Å². The second-order valence-corrected chi connectivity index (χ2v) is 6.50. The summed E-state index contributed by atoms with van der Waals surface area (Å²) in [7, 11) is 0. The van der Waals surface area contributed by atoms with Crippen molar-refractivity contribution in [3.05, 3.63) is 77.1 Å². The second-order valence-electron chi connectivity index (χ2n) is 5.18. The molecule has 0 saturated heterocycles. The van der Waals surface area contributed by atoms with Crippen molar-refractivity contribution < 1.29 is 4.79 Å². The highest BCUT2D eigenvalue weighted by Crippen LogP contribution is 2.15. The minimum absolute atomic E-state index is 0.149. The summed E-state index contributed by atoms with van der Waals surface area (Å²) < 4.78 is 1.65. The number of carbonyl (C=O) groups is 1. The molecule has 0 spiro atoms. The van der Waals surface area contributed by atoms with E-state index in [2.05, 4.69) is 10.4 Å². The zero-order chi connectivity index (χ0) is 16.9. The van der Waals surface area contributed by atoms with Gasteiger partial charge in [0.05, 0.1) is 17.4 Å². The number of amides is 1. The maximum absolute atomic E-state index is 12.3. The van der Waals surface area contributed by atoms with E-state index in [1.165, 1.54) is 4.90 Å². The Morgan fingerprint density at radius 3 is 2.54 bits per heavy atom. The van der Waals surface area contributed by atoms with Gasteiger partial charge in [-0.15, -0.1) is 11.8 Å². The molecule has 0 atom stereocenters. The highest BCUT2D eigenvalue weighted by Gasteiger charge is 2.09. The van der Waals surface area contributed by atoms with Crippen molar-refractivity contribution in [2.75, 3.05) is 6.26 Å². The number of rotatable bonds is 5. The molecule has 0 aliphatic heterocycles. The lowest BCUT2D eigenvalue weighted by Crippen LogP contribution is -2.22. The predicted octanol–water partition coefficient (Wildman–Crippen LogP) is 4.18. The zero-order valence-electron chi connectivity index (χ0n) is 13.1. The predicted molar refractivity (Wildman–Crippen MR) is 98.0 cm³/mol. The van der Waals surface area contributed by atoms with E-state index in [-0.39, 0.29) is 5.91 Å². The van der Waals surface area contributed by atoms with Crippen LogP contribution in [0, 0.1) is 0 Å². The van der Waals surface area contributed by atoms with Crippen LogP contribution < -0.4 is 5.32 Å². The van der Waals surface area contributed by atoms with Crippen LogP contribution in [-0.2, 0) is 6.54 Å². The number of nitrogens with one attached hydrogen (secondary N) is 1. The van der Waals surface area contributed by atoms with E-state index in [1.807, 2.05) is 42.7 Å². The van der Waals surface area contributed by atoms with Crippen LogP contribution in [-0.4, -0.2) is 21.9 Å². The Morgan fingerprint density at radius 2 is 1.88 bits per heavy atom. The Labute approximate surface area is 149 Å². The number of hydrogen-bond acceptors (Lipinski definition) is 3.